The summed E-state index contributed by atoms with van der Waals surface area (Å²) in [6.07, 6.45) is 1.46. The lowest BCUT2D eigenvalue weighted by atomic mass is 10.3. The summed E-state index contributed by atoms with van der Waals surface area (Å²) in [5.41, 5.74) is 5.28. The number of rotatable bonds is 5. The highest BCUT2D eigenvalue weighted by Gasteiger charge is 2.20. The van der Waals surface area contributed by atoms with Gasteiger partial charge in [0, 0.05) is 12.3 Å². The molecule has 0 aliphatic rings. The lowest BCUT2D eigenvalue weighted by Gasteiger charge is -2.06. The summed E-state index contributed by atoms with van der Waals surface area (Å²) in [6, 6.07) is 6.50. The number of benzene rings is 1. The molecule has 1 heterocycles. The quantitative estimate of drug-likeness (QED) is 0.464. The van der Waals surface area contributed by atoms with Crippen molar-refractivity contribution in [1.82, 2.24) is 14.9 Å². The second-order valence-electron chi connectivity index (χ2n) is 4.02. The Hall–Kier alpha value is -2.59. The van der Waals surface area contributed by atoms with Crippen LogP contribution >= 0.6 is 0 Å². The zero-order valence-electron chi connectivity index (χ0n) is 10.6. The molecule has 21 heavy (non-hydrogen) atoms. The molecule has 1 aromatic heterocycles. The molecule has 0 saturated carbocycles. The lowest BCUT2D eigenvalue weighted by Crippen LogP contribution is -2.24. The van der Waals surface area contributed by atoms with E-state index in [4.69, 9.17) is 5.73 Å². The van der Waals surface area contributed by atoms with Crippen LogP contribution in [-0.4, -0.2) is 23.5 Å². The second-order valence-corrected chi connectivity index (χ2v) is 5.78. The molecule has 0 aliphatic heterocycles. The Balaban J connectivity index is 2.24. The van der Waals surface area contributed by atoms with E-state index >= 15 is 0 Å². The topological polar surface area (TPSA) is 141 Å². The van der Waals surface area contributed by atoms with Crippen molar-refractivity contribution in [3.8, 4) is 0 Å². The van der Waals surface area contributed by atoms with E-state index in [9.17, 15) is 18.5 Å². The molecular weight excluding hydrogens is 298 g/mol. The summed E-state index contributed by atoms with van der Waals surface area (Å²) in [4.78, 5) is 9.79. The zero-order chi connectivity index (χ0) is 15.5. The summed E-state index contributed by atoms with van der Waals surface area (Å²) in [6.45, 7) is -0.0751. The lowest BCUT2D eigenvalue weighted by molar-refractivity contribution is -0.384. The number of nitro benzene ring substituents is 1. The van der Waals surface area contributed by atoms with Crippen LogP contribution in [0.15, 0.2) is 41.4 Å². The van der Waals surface area contributed by atoms with Crippen molar-refractivity contribution < 1.29 is 13.3 Å². The van der Waals surface area contributed by atoms with E-state index in [0.717, 1.165) is 6.07 Å². The maximum absolute atomic E-state index is 12.1. The van der Waals surface area contributed by atoms with E-state index in [1.54, 1.807) is 12.1 Å². The molecule has 1 aromatic carbocycles. The minimum Gasteiger partial charge on any atom is -0.393 e. The molecule has 0 bridgehead atoms. The van der Waals surface area contributed by atoms with Crippen molar-refractivity contribution in [3.05, 3.63) is 52.3 Å². The number of nitro groups is 1. The van der Waals surface area contributed by atoms with Crippen LogP contribution in [-0.2, 0) is 16.6 Å². The Labute approximate surface area is 120 Å². The van der Waals surface area contributed by atoms with Gasteiger partial charge < -0.3 is 5.73 Å². The third-order valence-electron chi connectivity index (χ3n) is 2.58. The summed E-state index contributed by atoms with van der Waals surface area (Å²) >= 11 is 0. The summed E-state index contributed by atoms with van der Waals surface area (Å²) in [5, 5.41) is 18.1. The third-order valence-corrected chi connectivity index (χ3v) is 3.98. The fourth-order valence-electron chi connectivity index (χ4n) is 1.53. The number of nitrogens with zero attached hydrogens (tertiary/aromatic N) is 3. The molecule has 0 unspecified atom stereocenters. The van der Waals surface area contributed by atoms with Crippen LogP contribution in [0.25, 0.3) is 0 Å². The SMILES string of the molecule is Nc1ccc(S(=O)(=O)NCc2cccnn2)cc1[N+](=O)[O-]. The van der Waals surface area contributed by atoms with Gasteiger partial charge in [-0.1, -0.05) is 0 Å². The van der Waals surface area contributed by atoms with E-state index < -0.39 is 20.6 Å². The van der Waals surface area contributed by atoms with Gasteiger partial charge in [-0.3, -0.25) is 10.1 Å². The molecule has 0 fully saturated rings. The Morgan fingerprint density at radius 2 is 2.10 bits per heavy atom. The van der Waals surface area contributed by atoms with Gasteiger partial charge in [-0.25, -0.2) is 13.1 Å². The Bertz CT molecular complexity index is 763. The molecule has 2 aromatic rings. The average Bonchev–Trinajstić information content (AvgIpc) is 2.46. The number of sulfonamides is 1. The number of aromatic nitrogens is 2. The number of anilines is 1. The molecule has 3 N–H and O–H groups in total. The molecule has 2 rings (SSSR count). The number of nitrogen functional groups attached to an aromatic ring is 1. The van der Waals surface area contributed by atoms with Crippen LogP contribution in [0.5, 0.6) is 0 Å². The normalized spacial score (nSPS) is 11.2. The third kappa shape index (κ3) is 3.49. The fourth-order valence-corrected chi connectivity index (χ4v) is 2.55. The van der Waals surface area contributed by atoms with E-state index in [0.29, 0.717) is 5.69 Å². The highest BCUT2D eigenvalue weighted by Crippen LogP contribution is 2.24. The van der Waals surface area contributed by atoms with Crippen molar-refractivity contribution in [2.24, 2.45) is 0 Å². The molecule has 0 atom stereocenters. The Morgan fingerprint density at radius 3 is 2.71 bits per heavy atom. The monoisotopic (exact) mass is 309 g/mol. The fraction of sp³-hybridized carbons (Fsp3) is 0.0909. The highest BCUT2D eigenvalue weighted by molar-refractivity contribution is 7.89. The van der Waals surface area contributed by atoms with Crippen LogP contribution in [0.3, 0.4) is 0 Å². The predicted molar refractivity (Wildman–Crippen MR) is 73.6 cm³/mol. The largest absolute Gasteiger partial charge is 0.393 e. The molecule has 0 saturated heterocycles. The van der Waals surface area contributed by atoms with Gasteiger partial charge in [0.2, 0.25) is 10.0 Å². The van der Waals surface area contributed by atoms with E-state index in [1.165, 1.54) is 18.3 Å². The molecule has 9 nitrogen and oxygen atoms in total. The number of hydrogen-bond acceptors (Lipinski definition) is 7. The first-order valence-electron chi connectivity index (χ1n) is 5.70. The Morgan fingerprint density at radius 1 is 1.33 bits per heavy atom. The van der Waals surface area contributed by atoms with Gasteiger partial charge in [-0.2, -0.15) is 10.2 Å². The minimum absolute atomic E-state index is 0.0751. The first-order chi connectivity index (χ1) is 9.90. The molecular formula is C11H11N5O4S. The van der Waals surface area contributed by atoms with Crippen molar-refractivity contribution >= 4 is 21.4 Å². The van der Waals surface area contributed by atoms with Crippen molar-refractivity contribution in [2.45, 2.75) is 11.4 Å². The summed E-state index contributed by atoms with van der Waals surface area (Å²) < 4.78 is 26.4. The summed E-state index contributed by atoms with van der Waals surface area (Å²) in [5.74, 6) is 0. The van der Waals surface area contributed by atoms with E-state index in [1.807, 2.05) is 0 Å². The molecule has 110 valence electrons. The van der Waals surface area contributed by atoms with Crippen LogP contribution in [0.1, 0.15) is 5.69 Å². The predicted octanol–water partition coefficient (Wildman–Crippen LogP) is 0.445. The van der Waals surface area contributed by atoms with Gasteiger partial charge in [-0.05, 0) is 24.3 Å². The standard InChI is InChI=1S/C11H11N5O4S/c12-10-4-3-9(6-11(10)16(17)18)21(19,20)14-7-8-2-1-5-13-15-8/h1-6,14H,7,12H2. The zero-order valence-corrected chi connectivity index (χ0v) is 11.4. The highest BCUT2D eigenvalue weighted by atomic mass is 32.2. The average molecular weight is 309 g/mol. The molecule has 0 aliphatic carbocycles. The number of hydrogen-bond donors (Lipinski definition) is 2. The maximum atomic E-state index is 12.1. The first-order valence-corrected chi connectivity index (χ1v) is 7.18. The Kier molecular flexibility index (Phi) is 4.10. The van der Waals surface area contributed by atoms with Gasteiger partial charge in [0.1, 0.15) is 5.69 Å². The van der Waals surface area contributed by atoms with Crippen LogP contribution < -0.4 is 10.5 Å². The van der Waals surface area contributed by atoms with Crippen molar-refractivity contribution in [3.63, 3.8) is 0 Å². The van der Waals surface area contributed by atoms with Gasteiger partial charge in [0.15, 0.2) is 0 Å². The van der Waals surface area contributed by atoms with E-state index in [-0.39, 0.29) is 17.1 Å². The minimum atomic E-state index is -3.91. The maximum Gasteiger partial charge on any atom is 0.293 e. The van der Waals surface area contributed by atoms with E-state index in [2.05, 4.69) is 14.9 Å². The van der Waals surface area contributed by atoms with Crippen LogP contribution in [0, 0.1) is 10.1 Å². The van der Waals surface area contributed by atoms with Crippen LogP contribution in [0.2, 0.25) is 0 Å². The van der Waals surface area contributed by atoms with Gasteiger partial charge >= 0.3 is 0 Å². The molecule has 0 spiro atoms. The number of nitrogens with two attached hydrogens (primary N) is 1. The van der Waals surface area contributed by atoms with Gasteiger partial charge in [0.05, 0.1) is 22.1 Å². The van der Waals surface area contributed by atoms with Gasteiger partial charge in [-0.15, -0.1) is 0 Å². The van der Waals surface area contributed by atoms with Crippen molar-refractivity contribution in [1.29, 1.82) is 0 Å². The smallest absolute Gasteiger partial charge is 0.293 e. The first kappa shape index (κ1) is 14.8. The van der Waals surface area contributed by atoms with Gasteiger partial charge in [0.25, 0.3) is 5.69 Å². The molecule has 10 heteroatoms. The van der Waals surface area contributed by atoms with Crippen LogP contribution in [0.4, 0.5) is 11.4 Å². The molecule has 0 radical (unpaired) electrons. The second kappa shape index (κ2) is 5.81. The van der Waals surface area contributed by atoms with Crippen molar-refractivity contribution in [2.75, 3.05) is 5.73 Å². The number of nitrogens with one attached hydrogen (secondary N) is 1. The molecule has 0 amide bonds. The summed E-state index contributed by atoms with van der Waals surface area (Å²) in [7, 11) is -3.91.